The van der Waals surface area contributed by atoms with Crippen molar-refractivity contribution in [3.8, 4) is 22.3 Å². The molecule has 1 nitrogen and oxygen atoms in total. The topological polar surface area (TPSA) is 3.24 Å². The molecule has 0 amide bonds. The maximum absolute atomic E-state index is 2.42. The van der Waals surface area contributed by atoms with Crippen LogP contribution in [0.1, 0.15) is 0 Å². The van der Waals surface area contributed by atoms with Crippen LogP contribution in [0, 0.1) is 0 Å². The second kappa shape index (κ2) is 11.0. The van der Waals surface area contributed by atoms with Crippen molar-refractivity contribution in [1.82, 2.24) is 0 Å². The van der Waals surface area contributed by atoms with E-state index in [1.807, 2.05) is 11.3 Å². The molecule has 0 saturated heterocycles. The van der Waals surface area contributed by atoms with Crippen molar-refractivity contribution in [2.24, 2.45) is 0 Å². The Balaban J connectivity index is 1.25. The Labute approximate surface area is 272 Å². The molecule has 0 atom stereocenters. The van der Waals surface area contributed by atoms with E-state index < -0.39 is 0 Å². The predicted octanol–water partition coefficient (Wildman–Crippen LogP) is 13.2. The third-order valence-electron chi connectivity index (χ3n) is 9.04. The van der Waals surface area contributed by atoms with Crippen LogP contribution in [-0.2, 0) is 0 Å². The van der Waals surface area contributed by atoms with E-state index in [4.69, 9.17) is 0 Å². The van der Waals surface area contributed by atoms with Crippen LogP contribution in [0.2, 0.25) is 0 Å². The summed E-state index contributed by atoms with van der Waals surface area (Å²) in [6, 6.07) is 64.0. The van der Waals surface area contributed by atoms with Gasteiger partial charge >= 0.3 is 0 Å². The Hall–Kier alpha value is -5.70. The molecule has 0 fully saturated rings. The third-order valence-corrected chi connectivity index (χ3v) is 10.2. The largest absolute Gasteiger partial charge is 0.310 e. The number of anilines is 3. The summed E-state index contributed by atoms with van der Waals surface area (Å²) in [7, 11) is 0. The van der Waals surface area contributed by atoms with Crippen molar-refractivity contribution in [3.05, 3.63) is 176 Å². The summed E-state index contributed by atoms with van der Waals surface area (Å²) in [4.78, 5) is 2.42. The van der Waals surface area contributed by atoms with Gasteiger partial charge in [0.15, 0.2) is 0 Å². The normalized spacial score (nSPS) is 11.5. The fourth-order valence-electron chi connectivity index (χ4n) is 6.80. The highest BCUT2D eigenvalue weighted by molar-refractivity contribution is 7.25. The Bertz CT molecular complexity index is 2510. The van der Waals surface area contributed by atoms with Gasteiger partial charge in [0.2, 0.25) is 0 Å². The summed E-state index contributed by atoms with van der Waals surface area (Å²) >= 11 is 1.87. The molecule has 0 aliphatic heterocycles. The molecule has 216 valence electrons. The van der Waals surface area contributed by atoms with Crippen LogP contribution in [0.4, 0.5) is 17.1 Å². The molecular formula is C44H29NS. The van der Waals surface area contributed by atoms with Crippen molar-refractivity contribution in [2.45, 2.75) is 0 Å². The van der Waals surface area contributed by atoms with E-state index in [0.717, 1.165) is 17.1 Å². The van der Waals surface area contributed by atoms with Gasteiger partial charge < -0.3 is 4.90 Å². The molecule has 9 aromatic rings. The van der Waals surface area contributed by atoms with Crippen LogP contribution < -0.4 is 4.90 Å². The highest BCUT2D eigenvalue weighted by Gasteiger charge is 2.18. The molecular weight excluding hydrogens is 575 g/mol. The first-order valence-electron chi connectivity index (χ1n) is 15.7. The summed E-state index contributed by atoms with van der Waals surface area (Å²) in [5.74, 6) is 0. The highest BCUT2D eigenvalue weighted by Crippen LogP contribution is 2.44. The number of hydrogen-bond donors (Lipinski definition) is 0. The maximum Gasteiger partial charge on any atom is 0.0540 e. The maximum atomic E-state index is 2.42. The zero-order valence-corrected chi connectivity index (χ0v) is 25.9. The third kappa shape index (κ3) is 4.54. The van der Waals surface area contributed by atoms with Gasteiger partial charge in [-0.2, -0.15) is 0 Å². The minimum Gasteiger partial charge on any atom is -0.310 e. The summed E-state index contributed by atoms with van der Waals surface area (Å²) in [6.07, 6.45) is 0. The lowest BCUT2D eigenvalue weighted by molar-refractivity contribution is 1.30. The molecule has 0 bridgehead atoms. The molecule has 0 aliphatic rings. The Kier molecular flexibility index (Phi) is 6.40. The van der Waals surface area contributed by atoms with Gasteiger partial charge in [0.25, 0.3) is 0 Å². The lowest BCUT2D eigenvalue weighted by Crippen LogP contribution is -2.10. The molecule has 0 saturated carbocycles. The fourth-order valence-corrected chi connectivity index (χ4v) is 7.94. The molecule has 0 N–H and O–H groups in total. The summed E-state index contributed by atoms with van der Waals surface area (Å²) in [5.41, 5.74) is 8.31. The number of benzene rings is 8. The van der Waals surface area contributed by atoms with E-state index in [2.05, 4.69) is 181 Å². The first-order chi connectivity index (χ1) is 22.8. The fraction of sp³-hybridized carbons (Fsp3) is 0. The Morgan fingerprint density at radius 2 is 0.978 bits per heavy atom. The average Bonchev–Trinajstić information content (AvgIpc) is 3.49. The number of hydrogen-bond acceptors (Lipinski definition) is 2. The molecule has 1 heterocycles. The SMILES string of the molecule is c1ccc(-c2ccc(N(c3ccc4cc5c(cc4c3)sc3ccccc35)c3ccc(-c4ccccc4)c4ccccc34)cc2)cc1. The molecule has 8 aromatic carbocycles. The quantitative estimate of drug-likeness (QED) is 0.189. The van der Waals surface area contributed by atoms with E-state index >= 15 is 0 Å². The monoisotopic (exact) mass is 603 g/mol. The van der Waals surface area contributed by atoms with Gasteiger partial charge in [-0.3, -0.25) is 0 Å². The molecule has 0 unspecified atom stereocenters. The van der Waals surface area contributed by atoms with Gasteiger partial charge in [0.05, 0.1) is 5.69 Å². The summed E-state index contributed by atoms with van der Waals surface area (Å²) in [6.45, 7) is 0. The minimum absolute atomic E-state index is 1.12. The van der Waals surface area contributed by atoms with Gasteiger partial charge in [-0.25, -0.2) is 0 Å². The summed E-state index contributed by atoms with van der Waals surface area (Å²) in [5, 5.41) is 7.62. The van der Waals surface area contributed by atoms with E-state index in [-0.39, 0.29) is 0 Å². The van der Waals surface area contributed by atoms with Gasteiger partial charge in [0, 0.05) is 36.9 Å². The molecule has 46 heavy (non-hydrogen) atoms. The van der Waals surface area contributed by atoms with Crippen LogP contribution in [-0.4, -0.2) is 0 Å². The van der Waals surface area contributed by atoms with Gasteiger partial charge in [0.1, 0.15) is 0 Å². The van der Waals surface area contributed by atoms with E-state index in [1.54, 1.807) is 0 Å². The predicted molar refractivity (Wildman–Crippen MR) is 200 cm³/mol. The van der Waals surface area contributed by atoms with Crippen LogP contribution in [0.25, 0.3) is 64.0 Å². The minimum atomic E-state index is 1.12. The Morgan fingerprint density at radius 1 is 0.348 bits per heavy atom. The van der Waals surface area contributed by atoms with Crippen LogP contribution >= 0.6 is 11.3 Å². The van der Waals surface area contributed by atoms with E-state index in [9.17, 15) is 0 Å². The molecule has 1 aromatic heterocycles. The zero-order valence-electron chi connectivity index (χ0n) is 25.1. The van der Waals surface area contributed by atoms with Crippen molar-refractivity contribution < 1.29 is 0 Å². The standard InChI is InChI=1S/C44H29NS/c1-3-11-30(12-4-1)31-19-22-35(23-20-31)45(42-26-25-37(32-13-5-2-6-14-32)38-15-7-8-16-39(38)42)36-24-21-33-28-41-40-17-9-10-18-43(40)46-44(41)29-34(33)27-36/h1-29H. The van der Waals surface area contributed by atoms with Crippen molar-refractivity contribution >= 4 is 70.1 Å². The van der Waals surface area contributed by atoms with Crippen LogP contribution in [0.15, 0.2) is 176 Å². The van der Waals surface area contributed by atoms with Gasteiger partial charge in [-0.05, 0) is 86.9 Å². The summed E-state index contributed by atoms with van der Waals surface area (Å²) < 4.78 is 2.65. The lowest BCUT2D eigenvalue weighted by Gasteiger charge is -2.28. The molecule has 0 aliphatic carbocycles. The van der Waals surface area contributed by atoms with Crippen molar-refractivity contribution in [1.29, 1.82) is 0 Å². The average molecular weight is 604 g/mol. The van der Waals surface area contributed by atoms with Gasteiger partial charge in [-0.15, -0.1) is 11.3 Å². The molecule has 2 heteroatoms. The number of nitrogens with zero attached hydrogens (tertiary/aromatic N) is 1. The highest BCUT2D eigenvalue weighted by atomic mass is 32.1. The lowest BCUT2D eigenvalue weighted by atomic mass is 9.96. The van der Waals surface area contributed by atoms with Crippen molar-refractivity contribution in [3.63, 3.8) is 0 Å². The number of rotatable bonds is 5. The molecule has 0 radical (unpaired) electrons. The van der Waals surface area contributed by atoms with Crippen molar-refractivity contribution in [2.75, 3.05) is 4.90 Å². The van der Waals surface area contributed by atoms with E-state index in [0.29, 0.717) is 0 Å². The number of thiophene rings is 1. The first kappa shape index (κ1) is 26.7. The second-order valence-electron chi connectivity index (χ2n) is 11.8. The molecule has 0 spiro atoms. The first-order valence-corrected chi connectivity index (χ1v) is 16.5. The zero-order chi connectivity index (χ0) is 30.5. The molecule has 9 rings (SSSR count). The van der Waals surface area contributed by atoms with Crippen LogP contribution in [0.3, 0.4) is 0 Å². The van der Waals surface area contributed by atoms with Gasteiger partial charge in [-0.1, -0.05) is 127 Å². The number of fused-ring (bicyclic) bond motifs is 5. The second-order valence-corrected chi connectivity index (χ2v) is 12.9. The smallest absolute Gasteiger partial charge is 0.0540 e. The Morgan fingerprint density at radius 3 is 1.76 bits per heavy atom. The van der Waals surface area contributed by atoms with E-state index in [1.165, 1.54) is 64.0 Å². The van der Waals surface area contributed by atoms with Crippen LogP contribution in [0.5, 0.6) is 0 Å².